The van der Waals surface area contributed by atoms with Gasteiger partial charge in [-0.25, -0.2) is 9.18 Å². The number of nitrogens with one attached hydrogen (secondary N) is 1. The Kier molecular flexibility index (Phi) is 8.59. The lowest BCUT2D eigenvalue weighted by Gasteiger charge is -2.40. The fraction of sp³-hybridized carbons (Fsp3) is 0.265. The Balaban J connectivity index is 1.50. The van der Waals surface area contributed by atoms with E-state index in [0.717, 1.165) is 0 Å². The zero-order valence-electron chi connectivity index (χ0n) is 24.7. The molecule has 3 aromatic carbocycles. The van der Waals surface area contributed by atoms with Gasteiger partial charge in [-0.05, 0) is 53.6 Å². The van der Waals surface area contributed by atoms with E-state index in [9.17, 15) is 34.1 Å². The molecule has 0 radical (unpaired) electrons. The Hall–Kier alpha value is -5.04. The van der Waals surface area contributed by atoms with E-state index in [1.54, 1.807) is 36.4 Å². The van der Waals surface area contributed by atoms with Gasteiger partial charge in [-0.1, -0.05) is 30.3 Å². The second-order valence-corrected chi connectivity index (χ2v) is 11.1. The maximum absolute atomic E-state index is 14.3. The van der Waals surface area contributed by atoms with Crippen LogP contribution in [0.5, 0.6) is 11.5 Å². The van der Waals surface area contributed by atoms with Gasteiger partial charge in [0.2, 0.25) is 5.91 Å². The number of hydrogen-bond donors (Lipinski definition) is 4. The number of aliphatic hydroxyl groups excluding tert-OH is 3. The number of amides is 2. The third-order valence-electron chi connectivity index (χ3n) is 8.25. The zero-order chi connectivity index (χ0) is 32.5. The third kappa shape index (κ3) is 5.62. The molecule has 4 atom stereocenters. The van der Waals surface area contributed by atoms with Gasteiger partial charge in [-0.3, -0.25) is 9.59 Å². The molecule has 1 aromatic heterocycles. The first-order valence-corrected chi connectivity index (χ1v) is 14.6. The fourth-order valence-electron chi connectivity index (χ4n) is 6.08. The van der Waals surface area contributed by atoms with Crippen LogP contribution >= 0.6 is 0 Å². The van der Waals surface area contributed by atoms with Crippen LogP contribution < -0.4 is 20.4 Å². The summed E-state index contributed by atoms with van der Waals surface area (Å²) in [7, 11) is 1.42. The molecule has 0 fully saturated rings. The number of benzene rings is 3. The Morgan fingerprint density at radius 1 is 1.04 bits per heavy atom. The van der Waals surface area contributed by atoms with Crippen molar-refractivity contribution in [2.45, 2.75) is 37.3 Å². The predicted octanol–water partition coefficient (Wildman–Crippen LogP) is 2.40. The SMILES string of the molecule is COc1cc(CO)cc2c1OC1C2C(C(=O)NCCO)=CC(N(Cc2ccc(F)cc2)C(=O)c2cc3ccccc3oc2=O)C1O. The number of halogens is 1. The van der Waals surface area contributed by atoms with Gasteiger partial charge < -0.3 is 39.4 Å². The second kappa shape index (κ2) is 12.8. The highest BCUT2D eigenvalue weighted by molar-refractivity contribution is 5.98. The summed E-state index contributed by atoms with van der Waals surface area (Å²) >= 11 is 0. The molecule has 2 heterocycles. The molecule has 0 bridgehead atoms. The highest BCUT2D eigenvalue weighted by atomic mass is 19.1. The van der Waals surface area contributed by atoms with E-state index in [2.05, 4.69) is 5.32 Å². The van der Waals surface area contributed by atoms with E-state index in [-0.39, 0.29) is 54.5 Å². The molecule has 1 aliphatic heterocycles. The lowest BCUT2D eigenvalue weighted by molar-refractivity contribution is -0.118. The number of hydrogen-bond acceptors (Lipinski definition) is 9. The molecule has 0 spiro atoms. The zero-order valence-corrected chi connectivity index (χ0v) is 24.7. The highest BCUT2D eigenvalue weighted by Crippen LogP contribution is 2.51. The van der Waals surface area contributed by atoms with E-state index in [1.165, 1.54) is 48.4 Å². The van der Waals surface area contributed by atoms with Crippen LogP contribution in [0.2, 0.25) is 0 Å². The molecule has 4 aromatic rings. The van der Waals surface area contributed by atoms with Gasteiger partial charge in [0.15, 0.2) is 11.5 Å². The summed E-state index contributed by atoms with van der Waals surface area (Å²) in [5, 5.41) is 34.3. The van der Waals surface area contributed by atoms with Crippen LogP contribution in [0.15, 0.2) is 87.6 Å². The lowest BCUT2D eigenvalue weighted by atomic mass is 9.77. The molecule has 4 N–H and O–H groups in total. The monoisotopic (exact) mass is 630 g/mol. The molecule has 238 valence electrons. The molecule has 2 amide bonds. The van der Waals surface area contributed by atoms with Crippen LogP contribution in [0.1, 0.15) is 33.0 Å². The summed E-state index contributed by atoms with van der Waals surface area (Å²) in [6.45, 7) is -0.903. The first-order valence-electron chi connectivity index (χ1n) is 14.6. The van der Waals surface area contributed by atoms with Gasteiger partial charge in [0.1, 0.15) is 29.2 Å². The van der Waals surface area contributed by atoms with E-state index in [0.29, 0.717) is 22.1 Å². The normalized spacial score (nSPS) is 19.9. The molecule has 11 nitrogen and oxygen atoms in total. The largest absolute Gasteiger partial charge is 0.493 e. The van der Waals surface area contributed by atoms with E-state index in [4.69, 9.17) is 13.9 Å². The Bertz CT molecular complexity index is 1890. The molecule has 6 rings (SSSR count). The van der Waals surface area contributed by atoms with Crippen molar-refractivity contribution in [2.24, 2.45) is 0 Å². The van der Waals surface area contributed by atoms with Crippen molar-refractivity contribution in [1.82, 2.24) is 10.2 Å². The van der Waals surface area contributed by atoms with Crippen LogP contribution in [-0.4, -0.2) is 70.5 Å². The molecular weight excluding hydrogens is 599 g/mol. The minimum atomic E-state index is -1.44. The van der Waals surface area contributed by atoms with Gasteiger partial charge in [0, 0.05) is 29.6 Å². The average molecular weight is 631 g/mol. The van der Waals surface area contributed by atoms with Crippen molar-refractivity contribution < 1.29 is 43.2 Å². The van der Waals surface area contributed by atoms with Crippen LogP contribution in [0, 0.1) is 5.82 Å². The van der Waals surface area contributed by atoms with E-state index < -0.39 is 47.4 Å². The Morgan fingerprint density at radius 3 is 2.52 bits per heavy atom. The average Bonchev–Trinajstić information content (AvgIpc) is 3.46. The fourth-order valence-corrected chi connectivity index (χ4v) is 6.08. The minimum absolute atomic E-state index is 0.0646. The number of nitrogens with zero attached hydrogens (tertiary/aromatic N) is 1. The molecule has 1 aliphatic carbocycles. The maximum atomic E-state index is 14.3. The molecular formula is C34H31FN2O9. The summed E-state index contributed by atoms with van der Waals surface area (Å²) < 4.78 is 31.0. The Labute approximate surface area is 262 Å². The van der Waals surface area contributed by atoms with Crippen molar-refractivity contribution in [3.8, 4) is 11.5 Å². The third-order valence-corrected chi connectivity index (χ3v) is 8.25. The molecule has 0 saturated carbocycles. The van der Waals surface area contributed by atoms with Gasteiger partial charge in [-0.15, -0.1) is 0 Å². The number of fused-ring (bicyclic) bond motifs is 4. The van der Waals surface area contributed by atoms with Crippen molar-refractivity contribution in [2.75, 3.05) is 20.3 Å². The molecule has 4 unspecified atom stereocenters. The summed E-state index contributed by atoms with van der Waals surface area (Å²) in [5.41, 5.74) is 0.675. The molecule has 12 heteroatoms. The maximum Gasteiger partial charge on any atom is 0.349 e. The van der Waals surface area contributed by atoms with Crippen LogP contribution in [0.4, 0.5) is 4.39 Å². The van der Waals surface area contributed by atoms with Gasteiger partial charge in [0.25, 0.3) is 5.91 Å². The molecule has 0 saturated heterocycles. The highest BCUT2D eigenvalue weighted by Gasteiger charge is 2.51. The van der Waals surface area contributed by atoms with Crippen molar-refractivity contribution in [1.29, 1.82) is 0 Å². The standard InChI is InChI=1S/C34H31FN2O9/c1-44-27-13-19(17-39)12-22-28-23(32(41)36-10-11-38)15-25(29(40)31(28)46-30(22)27)37(16-18-6-8-21(35)9-7-18)33(42)24-14-20-4-2-3-5-26(20)45-34(24)43/h2-9,12-15,25,28-29,31,38-40H,10-11,16-17H2,1H3,(H,36,41). The first-order chi connectivity index (χ1) is 22.2. The van der Waals surface area contributed by atoms with Crippen molar-refractivity contribution >= 4 is 22.8 Å². The first kappa shape index (κ1) is 31.0. The number of aliphatic hydroxyl groups is 3. The number of rotatable bonds is 9. The number of carbonyl (C=O) groups excluding carboxylic acids is 2. The van der Waals surface area contributed by atoms with Gasteiger partial charge >= 0.3 is 5.63 Å². The summed E-state index contributed by atoms with van der Waals surface area (Å²) in [4.78, 5) is 42.2. The summed E-state index contributed by atoms with van der Waals surface area (Å²) in [6.07, 6.45) is -1.09. The van der Waals surface area contributed by atoms with Gasteiger partial charge in [-0.2, -0.15) is 0 Å². The smallest absolute Gasteiger partial charge is 0.349 e. The summed E-state index contributed by atoms with van der Waals surface area (Å²) in [5.74, 6) is -2.16. The van der Waals surface area contributed by atoms with Crippen LogP contribution in [0.3, 0.4) is 0 Å². The number of methoxy groups -OCH3 is 1. The molecule has 2 aliphatic rings. The minimum Gasteiger partial charge on any atom is -0.493 e. The number of ether oxygens (including phenoxy) is 2. The Morgan fingerprint density at radius 2 is 1.80 bits per heavy atom. The molecule has 46 heavy (non-hydrogen) atoms. The van der Waals surface area contributed by atoms with Crippen molar-refractivity contribution in [3.05, 3.63) is 117 Å². The van der Waals surface area contributed by atoms with E-state index in [1.807, 2.05) is 0 Å². The topological polar surface area (TPSA) is 159 Å². The van der Waals surface area contributed by atoms with Gasteiger partial charge in [0.05, 0.1) is 32.3 Å². The quantitative estimate of drug-likeness (QED) is 0.204. The lowest BCUT2D eigenvalue weighted by Crippen LogP contribution is -2.55. The van der Waals surface area contributed by atoms with Crippen LogP contribution in [0.25, 0.3) is 11.0 Å². The van der Waals surface area contributed by atoms with Crippen molar-refractivity contribution in [3.63, 3.8) is 0 Å². The second-order valence-electron chi connectivity index (χ2n) is 11.1. The summed E-state index contributed by atoms with van der Waals surface area (Å²) in [6, 6.07) is 15.5. The van der Waals surface area contributed by atoms with Crippen LogP contribution in [-0.2, 0) is 17.9 Å². The van der Waals surface area contributed by atoms with E-state index >= 15 is 0 Å². The number of para-hydroxylation sites is 1. The number of carbonyl (C=O) groups is 2. The predicted molar refractivity (Wildman–Crippen MR) is 163 cm³/mol.